The van der Waals surface area contributed by atoms with Crippen LogP contribution in [0.2, 0.25) is 0 Å². The Labute approximate surface area is 190 Å². The Morgan fingerprint density at radius 3 is 2.76 bits per heavy atom. The van der Waals surface area contributed by atoms with Gasteiger partial charge in [0, 0.05) is 30.9 Å². The topological polar surface area (TPSA) is 100.0 Å². The molecule has 1 aromatic heterocycles. The van der Waals surface area contributed by atoms with Gasteiger partial charge in [0.1, 0.15) is 23.4 Å². The molecule has 0 radical (unpaired) electrons. The molecule has 0 saturated carbocycles. The zero-order valence-corrected chi connectivity index (χ0v) is 17.9. The second kappa shape index (κ2) is 8.09. The second-order valence-electron chi connectivity index (χ2n) is 8.34. The van der Waals surface area contributed by atoms with Gasteiger partial charge in [-0.05, 0) is 60.0 Å². The highest BCUT2D eigenvalue weighted by Gasteiger charge is 2.46. The number of ketones is 1. The van der Waals surface area contributed by atoms with Crippen LogP contribution in [0.1, 0.15) is 35.2 Å². The molecule has 3 aromatic rings. The van der Waals surface area contributed by atoms with Crippen LogP contribution in [-0.4, -0.2) is 37.9 Å². The normalized spacial score (nSPS) is 21.2. The monoisotopic (exact) mass is 442 g/mol. The van der Waals surface area contributed by atoms with Crippen molar-refractivity contribution in [2.75, 3.05) is 0 Å². The number of fused-ring (bicyclic) bond motifs is 1. The van der Waals surface area contributed by atoms with Crippen LogP contribution in [-0.2, 0) is 22.6 Å². The lowest BCUT2D eigenvalue weighted by molar-refractivity contribution is -0.140. The van der Waals surface area contributed by atoms with Crippen molar-refractivity contribution < 1.29 is 24.5 Å². The summed E-state index contributed by atoms with van der Waals surface area (Å²) in [6.45, 7) is 2.09. The lowest BCUT2D eigenvalue weighted by Gasteiger charge is -2.25. The molecule has 166 valence electrons. The number of nitrogens with zero attached hydrogens (tertiary/aromatic N) is 2. The number of aliphatic hydroxyl groups excluding tert-OH is 1. The number of phenols is 1. The number of carbonyl (C=O) groups excluding carboxylic acids is 2. The fourth-order valence-corrected chi connectivity index (χ4v) is 4.50. The van der Waals surface area contributed by atoms with E-state index in [0.717, 1.165) is 16.9 Å². The van der Waals surface area contributed by atoms with Crippen LogP contribution >= 0.6 is 0 Å². The Bertz CT molecular complexity index is 1280. The van der Waals surface area contributed by atoms with E-state index in [1.807, 2.05) is 13.0 Å². The van der Waals surface area contributed by atoms with E-state index in [0.29, 0.717) is 17.5 Å². The zero-order chi connectivity index (χ0) is 23.1. The molecule has 0 spiro atoms. The van der Waals surface area contributed by atoms with Gasteiger partial charge in [-0.2, -0.15) is 0 Å². The van der Waals surface area contributed by atoms with Crippen molar-refractivity contribution in [3.63, 3.8) is 0 Å². The highest BCUT2D eigenvalue weighted by atomic mass is 16.5. The first-order valence-corrected chi connectivity index (χ1v) is 10.7. The number of hydrogen-bond donors (Lipinski definition) is 2. The van der Waals surface area contributed by atoms with Gasteiger partial charge in [0.25, 0.3) is 11.7 Å². The van der Waals surface area contributed by atoms with E-state index in [-0.39, 0.29) is 29.7 Å². The number of rotatable bonds is 4. The molecule has 0 aliphatic carbocycles. The Morgan fingerprint density at radius 1 is 1.15 bits per heavy atom. The molecule has 2 aliphatic rings. The molecule has 0 bridgehead atoms. The van der Waals surface area contributed by atoms with Crippen LogP contribution in [0.5, 0.6) is 11.5 Å². The molecule has 7 heteroatoms. The van der Waals surface area contributed by atoms with Gasteiger partial charge in [-0.3, -0.25) is 14.6 Å². The molecule has 2 N–H and O–H groups in total. The molecular weight excluding hydrogens is 420 g/mol. The largest absolute Gasteiger partial charge is 0.508 e. The minimum atomic E-state index is -0.860. The van der Waals surface area contributed by atoms with Crippen molar-refractivity contribution in [2.24, 2.45) is 0 Å². The van der Waals surface area contributed by atoms with Gasteiger partial charge < -0.3 is 19.8 Å². The van der Waals surface area contributed by atoms with Crippen LogP contribution in [0.15, 0.2) is 72.6 Å². The van der Waals surface area contributed by atoms with Crippen molar-refractivity contribution in [1.29, 1.82) is 0 Å². The molecule has 5 rings (SSSR count). The van der Waals surface area contributed by atoms with E-state index in [2.05, 4.69) is 4.98 Å². The zero-order valence-electron chi connectivity index (χ0n) is 17.9. The molecule has 0 unspecified atom stereocenters. The Balaban J connectivity index is 1.64. The summed E-state index contributed by atoms with van der Waals surface area (Å²) in [5.41, 5.74) is 2.63. The Kier molecular flexibility index (Phi) is 5.09. The van der Waals surface area contributed by atoms with Gasteiger partial charge >= 0.3 is 0 Å². The first-order chi connectivity index (χ1) is 15.9. The standard InChI is InChI=1S/C26H22N2O5/c1-15-10-19-11-18(7-8-21(19)33-15)24(30)22-23(17-5-2-6-20(29)12-17)28(26(32)25(22)31)14-16-4-3-9-27-13-16/h2-9,11-13,15,23,29-30H,10,14H2,1H3/b24-22+/t15-,23-/m0/s1. The van der Waals surface area contributed by atoms with E-state index in [1.54, 1.807) is 48.8 Å². The third kappa shape index (κ3) is 3.71. The first kappa shape index (κ1) is 20.8. The molecular formula is C26H22N2O5. The van der Waals surface area contributed by atoms with Crippen molar-refractivity contribution in [2.45, 2.75) is 32.0 Å². The average Bonchev–Trinajstić information content (AvgIpc) is 3.30. The summed E-state index contributed by atoms with van der Waals surface area (Å²) in [6.07, 6.45) is 3.99. The fraction of sp³-hybridized carbons (Fsp3) is 0.192. The molecule has 2 aliphatic heterocycles. The summed E-state index contributed by atoms with van der Waals surface area (Å²) in [4.78, 5) is 31.7. The van der Waals surface area contributed by atoms with Crippen LogP contribution in [0.25, 0.3) is 5.76 Å². The van der Waals surface area contributed by atoms with Gasteiger partial charge in [0.2, 0.25) is 0 Å². The molecule has 33 heavy (non-hydrogen) atoms. The van der Waals surface area contributed by atoms with E-state index >= 15 is 0 Å². The van der Waals surface area contributed by atoms with Gasteiger partial charge in [0.05, 0.1) is 11.6 Å². The van der Waals surface area contributed by atoms with Gasteiger partial charge in [-0.1, -0.05) is 18.2 Å². The predicted molar refractivity (Wildman–Crippen MR) is 120 cm³/mol. The van der Waals surface area contributed by atoms with Gasteiger partial charge in [0.15, 0.2) is 0 Å². The van der Waals surface area contributed by atoms with Crippen LogP contribution < -0.4 is 4.74 Å². The number of phenolic OH excluding ortho intramolecular Hbond substituents is 1. The highest BCUT2D eigenvalue weighted by Crippen LogP contribution is 2.41. The van der Waals surface area contributed by atoms with Gasteiger partial charge in [-0.15, -0.1) is 0 Å². The van der Waals surface area contributed by atoms with Crippen molar-refractivity contribution in [3.05, 3.63) is 94.8 Å². The molecule has 2 atom stereocenters. The molecule has 3 heterocycles. The Morgan fingerprint density at radius 2 is 2.00 bits per heavy atom. The molecule has 1 saturated heterocycles. The number of hydrogen-bond acceptors (Lipinski definition) is 6. The SMILES string of the molecule is C[C@H]1Cc2cc(/C(O)=C3\C(=O)C(=O)N(Cc4cccnc4)[C@H]3c3cccc(O)c3)ccc2O1. The maximum absolute atomic E-state index is 13.2. The number of carbonyl (C=O) groups is 2. The van der Waals surface area contributed by atoms with E-state index in [9.17, 15) is 19.8 Å². The van der Waals surface area contributed by atoms with Crippen molar-refractivity contribution in [3.8, 4) is 11.5 Å². The number of aromatic hydroxyl groups is 1. The van der Waals surface area contributed by atoms with E-state index in [4.69, 9.17) is 4.74 Å². The molecule has 7 nitrogen and oxygen atoms in total. The summed E-state index contributed by atoms with van der Waals surface area (Å²) in [5, 5.41) is 21.3. The summed E-state index contributed by atoms with van der Waals surface area (Å²) >= 11 is 0. The minimum absolute atomic E-state index is 0.00290. The number of Topliss-reactive ketones (excluding diaryl/α,β-unsaturated/α-hetero) is 1. The maximum atomic E-state index is 13.2. The number of benzene rings is 2. The fourth-order valence-electron chi connectivity index (χ4n) is 4.50. The third-order valence-electron chi connectivity index (χ3n) is 5.97. The van der Waals surface area contributed by atoms with Crippen molar-refractivity contribution >= 4 is 17.4 Å². The summed E-state index contributed by atoms with van der Waals surface area (Å²) in [6, 6.07) is 14.3. The quantitative estimate of drug-likeness (QED) is 0.363. The number of amides is 1. The van der Waals surface area contributed by atoms with Gasteiger partial charge in [-0.25, -0.2) is 0 Å². The number of ether oxygens (including phenoxy) is 1. The number of likely N-dealkylation sites (tertiary alicyclic amines) is 1. The molecule has 1 fully saturated rings. The third-order valence-corrected chi connectivity index (χ3v) is 5.97. The van der Waals surface area contributed by atoms with Crippen LogP contribution in [0.3, 0.4) is 0 Å². The van der Waals surface area contributed by atoms with Crippen molar-refractivity contribution in [1.82, 2.24) is 9.88 Å². The predicted octanol–water partition coefficient (Wildman–Crippen LogP) is 3.73. The Hall–Kier alpha value is -4.13. The molecule has 1 amide bonds. The lowest BCUT2D eigenvalue weighted by atomic mass is 9.94. The van der Waals surface area contributed by atoms with E-state index in [1.165, 1.54) is 17.0 Å². The number of aromatic nitrogens is 1. The summed E-state index contributed by atoms with van der Waals surface area (Å²) in [5.74, 6) is -0.983. The summed E-state index contributed by atoms with van der Waals surface area (Å²) < 4.78 is 5.73. The smallest absolute Gasteiger partial charge is 0.295 e. The first-order valence-electron chi connectivity index (χ1n) is 10.7. The lowest BCUT2D eigenvalue weighted by Crippen LogP contribution is -2.29. The minimum Gasteiger partial charge on any atom is -0.508 e. The second-order valence-corrected chi connectivity index (χ2v) is 8.34. The van der Waals surface area contributed by atoms with Crippen LogP contribution in [0, 0.1) is 0 Å². The maximum Gasteiger partial charge on any atom is 0.295 e. The molecule has 2 aromatic carbocycles. The summed E-state index contributed by atoms with van der Waals surface area (Å²) in [7, 11) is 0. The van der Waals surface area contributed by atoms with E-state index < -0.39 is 17.7 Å². The number of aliphatic hydroxyl groups is 1. The highest BCUT2D eigenvalue weighted by molar-refractivity contribution is 6.46. The number of pyridine rings is 1. The van der Waals surface area contributed by atoms with Crippen LogP contribution in [0.4, 0.5) is 0 Å². The average molecular weight is 442 g/mol.